The number of benzene rings is 2. The number of rotatable bonds is 4. The molecule has 0 aromatic heterocycles. The third kappa shape index (κ3) is 3.50. The van der Waals surface area contributed by atoms with E-state index in [4.69, 9.17) is 15.8 Å². The molecule has 0 N–H and O–H groups in total. The zero-order chi connectivity index (χ0) is 15.6. The normalized spacial score (nSPS) is 11.1. The van der Waals surface area contributed by atoms with E-state index in [2.05, 4.69) is 0 Å². The number of aryl methyl sites for hydroxylation is 1. The number of hydrogen-bond donors (Lipinski definition) is 0. The molecule has 6 nitrogen and oxygen atoms in total. The first kappa shape index (κ1) is 15.3. The van der Waals surface area contributed by atoms with Crippen molar-refractivity contribution >= 4 is 27.4 Å². The fourth-order valence-electron chi connectivity index (χ4n) is 1.58. The van der Waals surface area contributed by atoms with E-state index in [1.807, 2.05) is 0 Å². The van der Waals surface area contributed by atoms with E-state index in [0.29, 0.717) is 10.6 Å². The van der Waals surface area contributed by atoms with E-state index < -0.39 is 15.0 Å². The Kier molecular flexibility index (Phi) is 4.15. The maximum atomic E-state index is 12.1. The molecular weight excluding hydrogens is 318 g/mol. The topological polar surface area (TPSA) is 86.5 Å². The molecule has 2 aromatic carbocycles. The molecule has 21 heavy (non-hydrogen) atoms. The largest absolute Gasteiger partial charge is 0.379 e. The summed E-state index contributed by atoms with van der Waals surface area (Å²) < 4.78 is 29.1. The first-order valence-corrected chi connectivity index (χ1v) is 7.53. The minimum atomic E-state index is -4.05. The second kappa shape index (κ2) is 5.71. The second-order valence-corrected chi connectivity index (χ2v) is 6.15. The first-order valence-electron chi connectivity index (χ1n) is 5.75. The van der Waals surface area contributed by atoms with Gasteiger partial charge in [0.25, 0.3) is 5.69 Å². The highest BCUT2D eigenvalue weighted by atomic mass is 35.5. The van der Waals surface area contributed by atoms with Crippen molar-refractivity contribution in [2.45, 2.75) is 11.8 Å². The highest BCUT2D eigenvalue weighted by Crippen LogP contribution is 2.25. The zero-order valence-electron chi connectivity index (χ0n) is 10.8. The Morgan fingerprint density at radius 2 is 1.76 bits per heavy atom. The number of nitro groups is 1. The van der Waals surface area contributed by atoms with Crippen molar-refractivity contribution in [2.24, 2.45) is 0 Å². The van der Waals surface area contributed by atoms with Gasteiger partial charge >= 0.3 is 10.1 Å². The molecule has 8 heteroatoms. The van der Waals surface area contributed by atoms with E-state index in [1.165, 1.54) is 18.2 Å². The Labute approximate surface area is 126 Å². The van der Waals surface area contributed by atoms with Crippen LogP contribution >= 0.6 is 11.6 Å². The number of halogens is 1. The van der Waals surface area contributed by atoms with Crippen LogP contribution in [0.3, 0.4) is 0 Å². The van der Waals surface area contributed by atoms with Crippen molar-refractivity contribution in [1.82, 2.24) is 0 Å². The van der Waals surface area contributed by atoms with Crippen LogP contribution in [0.15, 0.2) is 47.4 Å². The van der Waals surface area contributed by atoms with E-state index in [9.17, 15) is 18.5 Å². The van der Waals surface area contributed by atoms with Gasteiger partial charge in [-0.3, -0.25) is 10.1 Å². The van der Waals surface area contributed by atoms with Crippen LogP contribution in [0.4, 0.5) is 5.69 Å². The van der Waals surface area contributed by atoms with Gasteiger partial charge in [-0.25, -0.2) is 0 Å². The molecule has 0 saturated carbocycles. The van der Waals surface area contributed by atoms with E-state index >= 15 is 0 Å². The van der Waals surface area contributed by atoms with Gasteiger partial charge in [0.15, 0.2) is 0 Å². The van der Waals surface area contributed by atoms with Gasteiger partial charge < -0.3 is 4.18 Å². The third-order valence-corrected chi connectivity index (χ3v) is 4.36. The van der Waals surface area contributed by atoms with Crippen LogP contribution in [0.25, 0.3) is 0 Å². The van der Waals surface area contributed by atoms with Crippen molar-refractivity contribution in [3.8, 4) is 5.75 Å². The SMILES string of the molecule is Cc1cc(OS(=O)(=O)c2ccc([N+](=O)[O-])cc2)ccc1Cl. The van der Waals surface area contributed by atoms with Crippen LogP contribution in [0.2, 0.25) is 5.02 Å². The lowest BCUT2D eigenvalue weighted by atomic mass is 10.2. The molecule has 0 radical (unpaired) electrons. The van der Waals surface area contributed by atoms with Crippen LogP contribution in [-0.4, -0.2) is 13.3 Å². The average Bonchev–Trinajstić information content (AvgIpc) is 2.43. The van der Waals surface area contributed by atoms with Gasteiger partial charge in [-0.1, -0.05) is 11.6 Å². The van der Waals surface area contributed by atoms with Crippen molar-refractivity contribution in [3.63, 3.8) is 0 Å². The van der Waals surface area contributed by atoms with Crippen LogP contribution < -0.4 is 4.18 Å². The number of hydrogen-bond acceptors (Lipinski definition) is 5. The van der Waals surface area contributed by atoms with Crippen molar-refractivity contribution < 1.29 is 17.5 Å². The predicted molar refractivity (Wildman–Crippen MR) is 77.1 cm³/mol. The van der Waals surface area contributed by atoms with Gasteiger partial charge in [-0.2, -0.15) is 8.42 Å². The van der Waals surface area contributed by atoms with Crippen molar-refractivity contribution in [2.75, 3.05) is 0 Å². The summed E-state index contributed by atoms with van der Waals surface area (Å²) in [6.07, 6.45) is 0. The highest BCUT2D eigenvalue weighted by molar-refractivity contribution is 7.87. The molecule has 0 atom stereocenters. The van der Waals surface area contributed by atoms with Crippen molar-refractivity contribution in [1.29, 1.82) is 0 Å². The maximum absolute atomic E-state index is 12.1. The summed E-state index contributed by atoms with van der Waals surface area (Å²) in [7, 11) is -4.05. The van der Waals surface area contributed by atoms with Gasteiger partial charge in [0.2, 0.25) is 0 Å². The fraction of sp³-hybridized carbons (Fsp3) is 0.0769. The molecular formula is C13H10ClNO5S. The Hall–Kier alpha value is -2.12. The summed E-state index contributed by atoms with van der Waals surface area (Å²) in [5, 5.41) is 11.0. The molecule has 0 saturated heterocycles. The number of nitro benzene ring substituents is 1. The molecule has 0 heterocycles. The summed E-state index contributed by atoms with van der Waals surface area (Å²) in [6, 6.07) is 8.89. The van der Waals surface area contributed by atoms with Gasteiger partial charge in [-0.15, -0.1) is 0 Å². The highest BCUT2D eigenvalue weighted by Gasteiger charge is 2.18. The summed E-state index contributed by atoms with van der Waals surface area (Å²) >= 11 is 5.85. The summed E-state index contributed by atoms with van der Waals surface area (Å²) in [5.41, 5.74) is 0.476. The molecule has 0 aliphatic heterocycles. The Morgan fingerprint density at radius 3 is 2.29 bits per heavy atom. The van der Waals surface area contributed by atoms with E-state index in [0.717, 1.165) is 24.3 Å². The smallest absolute Gasteiger partial charge is 0.339 e. The predicted octanol–water partition coefficient (Wildman–Crippen LogP) is 3.32. The number of non-ortho nitro benzene ring substituents is 1. The fourth-order valence-corrected chi connectivity index (χ4v) is 2.62. The first-order chi connectivity index (χ1) is 9.79. The van der Waals surface area contributed by atoms with Crippen molar-refractivity contribution in [3.05, 3.63) is 63.2 Å². The lowest BCUT2D eigenvalue weighted by Gasteiger charge is -2.08. The van der Waals surface area contributed by atoms with E-state index in [1.54, 1.807) is 6.92 Å². The second-order valence-electron chi connectivity index (χ2n) is 4.20. The Morgan fingerprint density at radius 1 is 1.14 bits per heavy atom. The quantitative estimate of drug-likeness (QED) is 0.488. The average molecular weight is 328 g/mol. The summed E-state index contributed by atoms with van der Waals surface area (Å²) in [5.74, 6) is 0.121. The van der Waals surface area contributed by atoms with Gasteiger partial charge in [0, 0.05) is 17.2 Å². The van der Waals surface area contributed by atoms with Crippen LogP contribution in [-0.2, 0) is 10.1 Å². The third-order valence-electron chi connectivity index (χ3n) is 2.67. The minimum Gasteiger partial charge on any atom is -0.379 e. The molecule has 0 unspecified atom stereocenters. The lowest BCUT2D eigenvalue weighted by Crippen LogP contribution is -2.09. The monoisotopic (exact) mass is 327 g/mol. The van der Waals surface area contributed by atoms with Gasteiger partial charge in [-0.05, 0) is 42.8 Å². The van der Waals surface area contributed by atoms with Crippen LogP contribution in [0.5, 0.6) is 5.75 Å². The van der Waals surface area contributed by atoms with Crippen LogP contribution in [0, 0.1) is 17.0 Å². The minimum absolute atomic E-state index is 0.121. The Balaban J connectivity index is 2.29. The summed E-state index contributed by atoms with van der Waals surface area (Å²) in [6.45, 7) is 1.72. The molecule has 110 valence electrons. The summed E-state index contributed by atoms with van der Waals surface area (Å²) in [4.78, 5) is 9.76. The molecule has 0 fully saturated rings. The number of nitrogens with zero attached hydrogens (tertiary/aromatic N) is 1. The molecule has 0 aliphatic carbocycles. The molecule has 0 bridgehead atoms. The van der Waals surface area contributed by atoms with E-state index in [-0.39, 0.29) is 16.3 Å². The molecule has 0 aliphatic rings. The Bertz CT molecular complexity index is 787. The molecule has 2 rings (SSSR count). The van der Waals surface area contributed by atoms with Gasteiger partial charge in [0.05, 0.1) is 4.92 Å². The standard InChI is InChI=1S/C13H10ClNO5S/c1-9-8-11(4-7-13(9)14)20-21(18,19)12-5-2-10(3-6-12)15(16)17/h2-8H,1H3. The van der Waals surface area contributed by atoms with Crippen LogP contribution in [0.1, 0.15) is 5.56 Å². The molecule has 2 aromatic rings. The molecule has 0 amide bonds. The maximum Gasteiger partial charge on any atom is 0.339 e. The lowest BCUT2D eigenvalue weighted by molar-refractivity contribution is -0.384. The zero-order valence-corrected chi connectivity index (χ0v) is 12.4. The molecule has 0 spiro atoms. The van der Waals surface area contributed by atoms with Gasteiger partial charge in [0.1, 0.15) is 10.6 Å².